The van der Waals surface area contributed by atoms with Crippen LogP contribution in [-0.4, -0.2) is 21.5 Å². The Morgan fingerprint density at radius 1 is 1.38 bits per heavy atom. The van der Waals surface area contributed by atoms with Gasteiger partial charge >= 0.3 is 23.8 Å². The molecule has 0 heterocycles. The summed E-state index contributed by atoms with van der Waals surface area (Å²) in [7, 11) is 0. The van der Waals surface area contributed by atoms with Crippen molar-refractivity contribution in [3.05, 3.63) is 12.2 Å². The second kappa shape index (κ2) is 6.90. The van der Waals surface area contributed by atoms with Gasteiger partial charge in [0.25, 0.3) is 17.5 Å². The summed E-state index contributed by atoms with van der Waals surface area (Å²) in [5.74, 6) is -1.95. The number of carbonyl (C=O) groups excluding carboxylic acids is 1. The molecule has 0 fully saturated rings. The molecular formula is C4H5NO5PS2+. The number of carboxylic acids is 1. The average molecular weight is 242 g/mol. The summed E-state index contributed by atoms with van der Waals surface area (Å²) in [5, 5.41) is 8.11. The third-order valence-electron chi connectivity index (χ3n) is 0.665. The van der Waals surface area contributed by atoms with Crippen molar-refractivity contribution in [2.24, 2.45) is 0 Å². The molecule has 0 aromatic rings. The number of amides is 1. The Kier molecular flexibility index (Phi) is 6.61. The number of hydrogen-bond donors (Lipinski definition) is 3. The molecule has 0 aliphatic heterocycles. The number of aliphatic carboxylic acids is 1. The zero-order valence-electron chi connectivity index (χ0n) is 6.04. The lowest BCUT2D eigenvalue weighted by Crippen LogP contribution is -2.11. The minimum absolute atomic E-state index is 0.108. The van der Waals surface area contributed by atoms with Crippen molar-refractivity contribution in [2.45, 2.75) is 0 Å². The highest BCUT2D eigenvalue weighted by atomic mass is 33.1. The van der Waals surface area contributed by atoms with Crippen LogP contribution in [0.2, 0.25) is 0 Å². The summed E-state index contributed by atoms with van der Waals surface area (Å²) < 4.78 is 20.8. The number of carboxylic acid groups (broad SMARTS) is 1. The first-order valence-electron chi connectivity index (χ1n) is 2.73. The van der Waals surface area contributed by atoms with Crippen LogP contribution in [0.4, 0.5) is 0 Å². The molecule has 72 valence electrons. The fourth-order valence-corrected chi connectivity index (χ4v) is 1.77. The molecule has 13 heavy (non-hydrogen) atoms. The minimum atomic E-state index is -2.01. The minimum Gasteiger partial charge on any atom is -0.478 e. The van der Waals surface area contributed by atoms with Gasteiger partial charge < -0.3 is 5.11 Å². The number of rotatable bonds is 5. The second-order valence-electron chi connectivity index (χ2n) is 1.53. The Bertz CT molecular complexity index is 255. The molecule has 9 heteroatoms. The predicted molar refractivity (Wildman–Crippen MR) is 50.3 cm³/mol. The lowest BCUT2D eigenvalue weighted by Gasteiger charge is -1.86. The van der Waals surface area contributed by atoms with Gasteiger partial charge in [0.15, 0.2) is 0 Å². The van der Waals surface area contributed by atoms with E-state index in [1.54, 1.807) is 0 Å². The highest BCUT2D eigenvalue weighted by Gasteiger charge is 2.20. The fraction of sp³-hybridized carbons (Fsp3) is 0. The molecule has 1 amide bonds. The van der Waals surface area contributed by atoms with Crippen molar-refractivity contribution in [1.82, 2.24) is 4.72 Å². The van der Waals surface area contributed by atoms with Gasteiger partial charge in [-0.1, -0.05) is 0 Å². The van der Waals surface area contributed by atoms with Crippen LogP contribution in [-0.2, 0) is 14.2 Å². The van der Waals surface area contributed by atoms with Crippen molar-refractivity contribution in [3.63, 3.8) is 0 Å². The van der Waals surface area contributed by atoms with Gasteiger partial charge in [0.05, 0.1) is 0 Å². The van der Waals surface area contributed by atoms with Crippen molar-refractivity contribution < 1.29 is 23.8 Å². The zero-order valence-corrected chi connectivity index (χ0v) is 8.57. The number of nitrogens with one attached hydrogen (secondary N) is 1. The standard InChI is InChI=1S/C4H4NO5PS2/c6-3(1-2-4(7)8)5-12-11(9)13-10/h1-2H,(H2-,5,6,7,8,10)/p+1. The lowest BCUT2D eigenvalue weighted by atomic mass is 10.5. The van der Waals surface area contributed by atoms with Gasteiger partial charge in [-0.3, -0.25) is 14.1 Å². The first-order valence-corrected chi connectivity index (χ1v) is 6.79. The summed E-state index contributed by atoms with van der Waals surface area (Å²) in [4.78, 5) is 20.6. The van der Waals surface area contributed by atoms with E-state index in [-0.39, 0.29) is 11.7 Å². The predicted octanol–water partition coefficient (Wildman–Crippen LogP) is 1.26. The largest absolute Gasteiger partial charge is 0.536 e. The van der Waals surface area contributed by atoms with Gasteiger partial charge in [-0.05, 0) is 4.57 Å². The monoisotopic (exact) mass is 242 g/mol. The van der Waals surface area contributed by atoms with Crippen molar-refractivity contribution in [3.8, 4) is 0 Å². The summed E-state index contributed by atoms with van der Waals surface area (Å²) in [5.41, 5.74) is 0. The van der Waals surface area contributed by atoms with Gasteiger partial charge in [-0.25, -0.2) is 4.79 Å². The van der Waals surface area contributed by atoms with E-state index in [1.165, 1.54) is 0 Å². The Balaban J connectivity index is 3.76. The van der Waals surface area contributed by atoms with E-state index in [0.29, 0.717) is 17.6 Å². The molecule has 0 saturated heterocycles. The molecule has 0 spiro atoms. The normalized spacial score (nSPS) is 11.3. The second-order valence-corrected chi connectivity index (χ2v) is 6.25. The van der Waals surface area contributed by atoms with Crippen molar-refractivity contribution >= 4 is 41.3 Å². The van der Waals surface area contributed by atoms with Gasteiger partial charge in [-0.15, -0.1) is 0 Å². The molecule has 0 aliphatic carbocycles. The van der Waals surface area contributed by atoms with Crippen LogP contribution in [0.25, 0.3) is 0 Å². The van der Waals surface area contributed by atoms with Crippen LogP contribution < -0.4 is 4.72 Å². The van der Waals surface area contributed by atoms with Crippen LogP contribution in [0.1, 0.15) is 0 Å². The Labute approximate surface area is 82.4 Å². The smallest absolute Gasteiger partial charge is 0.478 e. The lowest BCUT2D eigenvalue weighted by molar-refractivity contribution is -0.131. The quantitative estimate of drug-likeness (QED) is 0.288. The van der Waals surface area contributed by atoms with Crippen LogP contribution in [0.5, 0.6) is 0 Å². The van der Waals surface area contributed by atoms with Gasteiger partial charge in [-0.2, -0.15) is 0 Å². The van der Waals surface area contributed by atoms with E-state index in [0.717, 1.165) is 6.08 Å². The maximum atomic E-state index is 10.7. The Hall–Kier alpha value is -0.560. The molecule has 0 aromatic carbocycles. The third kappa shape index (κ3) is 7.79. The molecule has 0 bridgehead atoms. The fourth-order valence-electron chi connectivity index (χ4n) is 0.280. The number of hydrogen-bond acceptors (Lipinski definition) is 6. The summed E-state index contributed by atoms with van der Waals surface area (Å²) in [6.45, 7) is 0. The molecule has 0 aliphatic rings. The topological polar surface area (TPSA) is 104 Å². The van der Waals surface area contributed by atoms with Crippen molar-refractivity contribution in [1.29, 1.82) is 0 Å². The van der Waals surface area contributed by atoms with Crippen molar-refractivity contribution in [2.75, 3.05) is 0 Å². The first-order chi connectivity index (χ1) is 6.06. The maximum absolute atomic E-state index is 10.7. The molecule has 1 atom stereocenters. The molecule has 6 nitrogen and oxygen atoms in total. The van der Waals surface area contributed by atoms with E-state index >= 15 is 0 Å². The van der Waals surface area contributed by atoms with Crippen LogP contribution >= 0.6 is 29.4 Å². The van der Waals surface area contributed by atoms with E-state index in [2.05, 4.69) is 4.72 Å². The molecule has 0 saturated carbocycles. The van der Waals surface area contributed by atoms with Crippen LogP contribution in [0.3, 0.4) is 0 Å². The van der Waals surface area contributed by atoms with E-state index in [4.69, 9.17) is 9.66 Å². The summed E-state index contributed by atoms with van der Waals surface area (Å²) >= 11 is 0.623. The molecular weight excluding hydrogens is 237 g/mol. The zero-order chi connectivity index (χ0) is 10.3. The highest BCUT2D eigenvalue weighted by Crippen LogP contribution is 2.45. The first kappa shape index (κ1) is 12.4. The SMILES string of the molecule is O=C(O)C=CC(=O)NS[P+](=O)SO. The third-order valence-corrected chi connectivity index (χ3v) is 3.63. The molecule has 3 N–H and O–H groups in total. The van der Waals surface area contributed by atoms with Gasteiger partial charge in [0.1, 0.15) is 0 Å². The van der Waals surface area contributed by atoms with E-state index < -0.39 is 18.1 Å². The van der Waals surface area contributed by atoms with Gasteiger partial charge in [0.2, 0.25) is 0 Å². The molecule has 0 radical (unpaired) electrons. The summed E-state index contributed by atoms with van der Waals surface area (Å²) in [6, 6.07) is 0. The average Bonchev–Trinajstić information content (AvgIpc) is 2.10. The van der Waals surface area contributed by atoms with Crippen LogP contribution in [0, 0.1) is 0 Å². The summed E-state index contributed by atoms with van der Waals surface area (Å²) in [6.07, 6.45) is -0.585. The number of carbonyl (C=O) groups is 2. The van der Waals surface area contributed by atoms with Gasteiger partial charge in [0, 0.05) is 12.2 Å². The van der Waals surface area contributed by atoms with Crippen LogP contribution in [0.15, 0.2) is 12.2 Å². The maximum Gasteiger partial charge on any atom is 0.536 e. The molecule has 1 unspecified atom stereocenters. The molecule has 0 aromatic heterocycles. The Morgan fingerprint density at radius 3 is 2.46 bits per heavy atom. The van der Waals surface area contributed by atoms with E-state index in [9.17, 15) is 14.2 Å². The Morgan fingerprint density at radius 2 is 2.00 bits per heavy atom. The highest BCUT2D eigenvalue weighted by molar-refractivity contribution is 8.82. The van der Waals surface area contributed by atoms with E-state index in [1.807, 2.05) is 0 Å². The molecule has 0 rings (SSSR count).